The van der Waals surface area contributed by atoms with Crippen molar-refractivity contribution in [3.63, 3.8) is 0 Å². The smallest absolute Gasteiger partial charge is 0.268 e. The third kappa shape index (κ3) is 2.76. The van der Waals surface area contributed by atoms with E-state index in [0.29, 0.717) is 29.7 Å². The van der Waals surface area contributed by atoms with Crippen LogP contribution in [0.4, 0.5) is 5.69 Å². The van der Waals surface area contributed by atoms with Crippen molar-refractivity contribution in [2.75, 3.05) is 25.1 Å². The summed E-state index contributed by atoms with van der Waals surface area (Å²) < 4.78 is 21.4. The van der Waals surface area contributed by atoms with E-state index in [4.69, 9.17) is 7.48 Å². The average Bonchev–Trinajstić information content (AvgIpc) is 2.60. The third-order valence-corrected chi connectivity index (χ3v) is 4.87. The SMILES string of the molecule is [2H]C([2H])(C)c1cc2c(N3CCC(C)(OC)CC3)c(C#N)c(=O)[nH]c2cn1. The standard InChI is InChI=1S/C18H22N4O2/c1-4-12-9-13-15(11-20-12)21-17(23)14(10-19)16(13)22-7-5-18(2,24-3)6-8-22/h9,11H,4-8H2,1-3H3,(H,21,23)/i4D2. The maximum absolute atomic E-state index is 12.4. The second-order valence-electron chi connectivity index (χ2n) is 6.30. The highest BCUT2D eigenvalue weighted by Gasteiger charge is 2.31. The summed E-state index contributed by atoms with van der Waals surface area (Å²) >= 11 is 0. The number of hydrogen-bond acceptors (Lipinski definition) is 5. The lowest BCUT2D eigenvalue weighted by molar-refractivity contribution is -0.0132. The Balaban J connectivity index is 2.19. The Morgan fingerprint density at radius 3 is 2.83 bits per heavy atom. The third-order valence-electron chi connectivity index (χ3n) is 4.87. The summed E-state index contributed by atoms with van der Waals surface area (Å²) in [6, 6.07) is 3.65. The van der Waals surface area contributed by atoms with E-state index in [-0.39, 0.29) is 16.9 Å². The number of nitriles is 1. The van der Waals surface area contributed by atoms with Gasteiger partial charge in [-0.1, -0.05) is 6.92 Å². The summed E-state index contributed by atoms with van der Waals surface area (Å²) in [5.41, 5.74) is 0.695. The van der Waals surface area contributed by atoms with Crippen molar-refractivity contribution in [3.8, 4) is 6.07 Å². The van der Waals surface area contributed by atoms with Gasteiger partial charge in [0.05, 0.1) is 23.0 Å². The Kier molecular flexibility index (Phi) is 3.64. The van der Waals surface area contributed by atoms with Crippen LogP contribution in [0.25, 0.3) is 10.9 Å². The summed E-state index contributed by atoms with van der Waals surface area (Å²) in [7, 11) is 1.69. The van der Waals surface area contributed by atoms with Crippen LogP contribution >= 0.6 is 0 Å². The van der Waals surface area contributed by atoms with Gasteiger partial charge in [-0.25, -0.2) is 0 Å². The van der Waals surface area contributed by atoms with Gasteiger partial charge in [0.15, 0.2) is 0 Å². The molecule has 0 aliphatic carbocycles. The van der Waals surface area contributed by atoms with E-state index in [9.17, 15) is 10.1 Å². The lowest BCUT2D eigenvalue weighted by Crippen LogP contribution is -2.44. The quantitative estimate of drug-likeness (QED) is 0.935. The van der Waals surface area contributed by atoms with E-state index in [0.717, 1.165) is 12.8 Å². The normalized spacial score (nSPS) is 18.8. The van der Waals surface area contributed by atoms with E-state index in [1.54, 1.807) is 13.2 Å². The number of piperidine rings is 1. The van der Waals surface area contributed by atoms with Crippen LogP contribution in [0.1, 0.15) is 40.7 Å². The summed E-state index contributed by atoms with van der Waals surface area (Å²) in [6.45, 7) is 4.78. The summed E-state index contributed by atoms with van der Waals surface area (Å²) in [6.07, 6.45) is 1.39. The molecule has 1 aliphatic heterocycles. The van der Waals surface area contributed by atoms with Crippen LogP contribution in [0, 0.1) is 11.3 Å². The van der Waals surface area contributed by atoms with Gasteiger partial charge >= 0.3 is 0 Å². The maximum Gasteiger partial charge on any atom is 0.268 e. The highest BCUT2D eigenvalue weighted by atomic mass is 16.5. The zero-order valence-corrected chi connectivity index (χ0v) is 14.1. The fourth-order valence-electron chi connectivity index (χ4n) is 3.15. The van der Waals surface area contributed by atoms with Gasteiger partial charge in [-0.15, -0.1) is 0 Å². The first-order valence-electron chi connectivity index (χ1n) is 8.95. The zero-order chi connectivity index (χ0) is 19.1. The molecule has 0 atom stereocenters. The zero-order valence-electron chi connectivity index (χ0n) is 16.1. The Labute approximate surface area is 143 Å². The molecule has 0 saturated carbocycles. The number of hydrogen-bond donors (Lipinski definition) is 1. The predicted octanol–water partition coefficient (Wildman–Crippen LogP) is 2.36. The molecule has 0 radical (unpaired) electrons. The minimum absolute atomic E-state index is 0.0485. The molecule has 0 bridgehead atoms. The summed E-state index contributed by atoms with van der Waals surface area (Å²) in [4.78, 5) is 21.2. The van der Waals surface area contributed by atoms with E-state index in [2.05, 4.69) is 16.9 Å². The molecular weight excluding hydrogens is 304 g/mol. The van der Waals surface area contributed by atoms with Crippen LogP contribution in [-0.4, -0.2) is 35.8 Å². The van der Waals surface area contributed by atoms with Crippen molar-refractivity contribution in [2.24, 2.45) is 0 Å². The van der Waals surface area contributed by atoms with Crippen molar-refractivity contribution in [3.05, 3.63) is 33.9 Å². The molecule has 2 aromatic heterocycles. The first kappa shape index (κ1) is 14.0. The van der Waals surface area contributed by atoms with Gasteiger partial charge in [-0.3, -0.25) is 9.78 Å². The Morgan fingerprint density at radius 1 is 1.54 bits per heavy atom. The Morgan fingerprint density at radius 2 is 2.25 bits per heavy atom. The number of aryl methyl sites for hydroxylation is 1. The number of nitrogens with zero attached hydrogens (tertiary/aromatic N) is 3. The maximum atomic E-state index is 12.4. The second kappa shape index (κ2) is 6.25. The van der Waals surface area contributed by atoms with Crippen molar-refractivity contribution in [1.29, 1.82) is 5.26 Å². The van der Waals surface area contributed by atoms with Gasteiger partial charge < -0.3 is 14.6 Å². The number of ether oxygens (including phenoxy) is 1. The lowest BCUT2D eigenvalue weighted by Gasteiger charge is -2.40. The number of nitrogens with one attached hydrogen (secondary N) is 1. The molecule has 6 heteroatoms. The highest BCUT2D eigenvalue weighted by molar-refractivity contribution is 5.94. The lowest BCUT2D eigenvalue weighted by atomic mass is 9.92. The Bertz CT molecular complexity index is 935. The van der Waals surface area contributed by atoms with E-state index in [1.807, 2.05) is 11.0 Å². The van der Waals surface area contributed by atoms with Crippen molar-refractivity contribution in [2.45, 2.75) is 38.7 Å². The Hall–Kier alpha value is -2.39. The fraction of sp³-hybridized carbons (Fsp3) is 0.500. The number of rotatable bonds is 3. The van der Waals surface area contributed by atoms with E-state index < -0.39 is 11.9 Å². The average molecular weight is 328 g/mol. The van der Waals surface area contributed by atoms with Gasteiger partial charge in [0, 0.05) is 34.0 Å². The first-order valence-corrected chi connectivity index (χ1v) is 7.95. The fourth-order valence-corrected chi connectivity index (χ4v) is 3.15. The first-order chi connectivity index (χ1) is 12.2. The molecule has 2 aromatic rings. The largest absolute Gasteiger partial charge is 0.378 e. The number of aromatic amines is 1. The topological polar surface area (TPSA) is 82.0 Å². The minimum atomic E-state index is -1.62. The van der Waals surface area contributed by atoms with E-state index in [1.165, 1.54) is 13.1 Å². The molecular formula is C18H22N4O2. The number of pyridine rings is 2. The number of fused-ring (bicyclic) bond motifs is 1. The van der Waals surface area contributed by atoms with Crippen LogP contribution in [0.5, 0.6) is 0 Å². The molecule has 1 aliphatic rings. The van der Waals surface area contributed by atoms with E-state index >= 15 is 0 Å². The summed E-state index contributed by atoms with van der Waals surface area (Å²) in [5, 5.41) is 10.2. The second-order valence-corrected chi connectivity index (χ2v) is 6.30. The number of anilines is 1. The summed E-state index contributed by atoms with van der Waals surface area (Å²) in [5.74, 6) is 0. The molecule has 3 rings (SSSR count). The van der Waals surface area contributed by atoms with Crippen molar-refractivity contribution in [1.82, 2.24) is 9.97 Å². The molecule has 0 amide bonds. The molecule has 126 valence electrons. The molecule has 1 N–H and O–H groups in total. The molecule has 6 nitrogen and oxygen atoms in total. The van der Waals surface area contributed by atoms with Crippen LogP contribution in [0.2, 0.25) is 0 Å². The van der Waals surface area contributed by atoms with Crippen LogP contribution in [-0.2, 0) is 11.1 Å². The van der Waals surface area contributed by atoms with Gasteiger partial charge in [-0.05, 0) is 32.2 Å². The molecule has 1 fully saturated rings. The molecule has 0 spiro atoms. The molecule has 24 heavy (non-hydrogen) atoms. The van der Waals surface area contributed by atoms with Crippen LogP contribution < -0.4 is 10.5 Å². The highest BCUT2D eigenvalue weighted by Crippen LogP contribution is 2.33. The number of aromatic nitrogens is 2. The number of methoxy groups -OCH3 is 1. The number of H-pyrrole nitrogens is 1. The minimum Gasteiger partial charge on any atom is -0.378 e. The molecule has 0 aromatic carbocycles. The molecule has 0 unspecified atom stereocenters. The monoisotopic (exact) mass is 328 g/mol. The van der Waals surface area contributed by atoms with Gasteiger partial charge in [0.25, 0.3) is 5.56 Å². The van der Waals surface area contributed by atoms with Crippen molar-refractivity contribution < 1.29 is 7.48 Å². The van der Waals surface area contributed by atoms with Crippen LogP contribution in [0.3, 0.4) is 0 Å². The van der Waals surface area contributed by atoms with Gasteiger partial charge in [0.2, 0.25) is 0 Å². The van der Waals surface area contributed by atoms with Crippen LogP contribution in [0.15, 0.2) is 17.1 Å². The predicted molar refractivity (Wildman–Crippen MR) is 93.3 cm³/mol. The van der Waals surface area contributed by atoms with Crippen molar-refractivity contribution >= 4 is 16.6 Å². The molecule has 1 saturated heterocycles. The van der Waals surface area contributed by atoms with Gasteiger partial charge in [0.1, 0.15) is 11.6 Å². The van der Waals surface area contributed by atoms with Gasteiger partial charge in [-0.2, -0.15) is 5.26 Å². The molecule has 3 heterocycles.